The van der Waals surface area contributed by atoms with E-state index in [1.165, 1.54) is 5.56 Å². The van der Waals surface area contributed by atoms with Gasteiger partial charge in [-0.25, -0.2) is 0 Å². The highest BCUT2D eigenvalue weighted by molar-refractivity contribution is 9.10. The third-order valence-corrected chi connectivity index (χ3v) is 3.76. The Morgan fingerprint density at radius 2 is 1.83 bits per heavy atom. The van der Waals surface area contributed by atoms with Crippen LogP contribution in [0.3, 0.4) is 0 Å². The van der Waals surface area contributed by atoms with Crippen molar-refractivity contribution in [3.8, 4) is 0 Å². The van der Waals surface area contributed by atoms with Crippen LogP contribution in [0.15, 0.2) is 46.9 Å². The number of nitrogens with two attached hydrogens (primary N) is 1. The van der Waals surface area contributed by atoms with E-state index in [1.54, 1.807) is 0 Å². The fraction of sp³-hybridized carbons (Fsp3) is 0.200. The predicted molar refractivity (Wildman–Crippen MR) is 81.0 cm³/mol. The Morgan fingerprint density at radius 3 is 2.44 bits per heavy atom. The van der Waals surface area contributed by atoms with Crippen LogP contribution in [0.2, 0.25) is 5.02 Å². The van der Waals surface area contributed by atoms with E-state index in [9.17, 15) is 0 Å². The van der Waals surface area contributed by atoms with E-state index in [0.717, 1.165) is 27.0 Å². The molecule has 18 heavy (non-hydrogen) atoms. The molecule has 2 N–H and O–H groups in total. The molecular formula is C15H15BrClN. The molecule has 0 amide bonds. The van der Waals surface area contributed by atoms with E-state index in [1.807, 2.05) is 37.3 Å². The highest BCUT2D eigenvalue weighted by Crippen LogP contribution is 2.23. The minimum absolute atomic E-state index is 0.00319. The summed E-state index contributed by atoms with van der Waals surface area (Å²) >= 11 is 9.38. The van der Waals surface area contributed by atoms with Gasteiger partial charge in [-0.2, -0.15) is 0 Å². The highest BCUT2D eigenvalue weighted by Gasteiger charge is 2.10. The van der Waals surface area contributed by atoms with E-state index < -0.39 is 0 Å². The van der Waals surface area contributed by atoms with Crippen molar-refractivity contribution in [3.63, 3.8) is 0 Å². The maximum absolute atomic E-state index is 6.26. The van der Waals surface area contributed by atoms with Crippen LogP contribution in [0.4, 0.5) is 0 Å². The zero-order chi connectivity index (χ0) is 13.1. The third-order valence-electron chi connectivity index (χ3n) is 3.00. The molecule has 0 saturated carbocycles. The van der Waals surface area contributed by atoms with Crippen LogP contribution in [-0.4, -0.2) is 0 Å². The number of benzene rings is 2. The topological polar surface area (TPSA) is 26.0 Å². The van der Waals surface area contributed by atoms with Crippen LogP contribution in [0.1, 0.15) is 22.7 Å². The van der Waals surface area contributed by atoms with E-state index in [0.29, 0.717) is 0 Å². The molecule has 0 aliphatic heterocycles. The monoisotopic (exact) mass is 323 g/mol. The Hall–Kier alpha value is -0.830. The van der Waals surface area contributed by atoms with Crippen molar-refractivity contribution in [2.24, 2.45) is 5.73 Å². The number of aryl methyl sites for hydroxylation is 1. The summed E-state index contributed by atoms with van der Waals surface area (Å²) < 4.78 is 1.09. The number of halogens is 2. The molecule has 0 fully saturated rings. The maximum Gasteiger partial charge on any atom is 0.0408 e. The molecule has 0 heterocycles. The summed E-state index contributed by atoms with van der Waals surface area (Å²) in [5.74, 6) is 0. The van der Waals surface area contributed by atoms with Crippen LogP contribution in [0, 0.1) is 6.92 Å². The third kappa shape index (κ3) is 3.35. The van der Waals surface area contributed by atoms with Crippen molar-refractivity contribution in [2.45, 2.75) is 19.4 Å². The van der Waals surface area contributed by atoms with Gasteiger partial charge in [0.25, 0.3) is 0 Å². The van der Waals surface area contributed by atoms with Gasteiger partial charge >= 0.3 is 0 Å². The molecule has 2 aromatic carbocycles. The second kappa shape index (κ2) is 5.87. The highest BCUT2D eigenvalue weighted by atomic mass is 79.9. The van der Waals surface area contributed by atoms with Gasteiger partial charge in [0.2, 0.25) is 0 Å². The van der Waals surface area contributed by atoms with Crippen molar-refractivity contribution >= 4 is 27.5 Å². The average Bonchev–Trinajstić information content (AvgIpc) is 2.32. The Bertz CT molecular complexity index is 537. The summed E-state index contributed by atoms with van der Waals surface area (Å²) in [6.07, 6.45) is 0.829. The van der Waals surface area contributed by atoms with E-state index in [2.05, 4.69) is 28.1 Å². The lowest BCUT2D eigenvalue weighted by atomic mass is 9.96. The SMILES string of the molecule is Cc1cc(Cl)ccc1C(N)Cc1ccc(Br)cc1. The molecule has 0 aromatic heterocycles. The maximum atomic E-state index is 6.26. The molecule has 0 bridgehead atoms. The molecule has 94 valence electrons. The zero-order valence-electron chi connectivity index (χ0n) is 10.2. The number of rotatable bonds is 3. The Kier molecular flexibility index (Phi) is 4.44. The predicted octanol–water partition coefficient (Wildman–Crippen LogP) is 4.65. The lowest BCUT2D eigenvalue weighted by Crippen LogP contribution is -2.14. The fourth-order valence-electron chi connectivity index (χ4n) is 2.04. The van der Waals surface area contributed by atoms with Crippen molar-refractivity contribution in [3.05, 3.63) is 68.7 Å². The smallest absolute Gasteiger partial charge is 0.0408 e. The van der Waals surface area contributed by atoms with Crippen molar-refractivity contribution in [1.82, 2.24) is 0 Å². The molecule has 0 aliphatic rings. The second-order valence-electron chi connectivity index (χ2n) is 4.44. The molecule has 1 nitrogen and oxygen atoms in total. The molecule has 0 aliphatic carbocycles. The first-order valence-electron chi connectivity index (χ1n) is 5.82. The molecule has 1 atom stereocenters. The quantitative estimate of drug-likeness (QED) is 0.873. The number of hydrogen-bond acceptors (Lipinski definition) is 1. The van der Waals surface area contributed by atoms with Crippen molar-refractivity contribution < 1.29 is 0 Å². The molecule has 2 rings (SSSR count). The summed E-state index contributed by atoms with van der Waals surface area (Å²) in [6, 6.07) is 14.1. The van der Waals surface area contributed by atoms with Gasteiger partial charge in [-0.1, -0.05) is 45.7 Å². The van der Waals surface area contributed by atoms with Crippen LogP contribution in [-0.2, 0) is 6.42 Å². The fourth-order valence-corrected chi connectivity index (χ4v) is 2.53. The molecule has 0 spiro atoms. The minimum atomic E-state index is 0.00319. The van der Waals surface area contributed by atoms with Gasteiger partial charge in [-0.15, -0.1) is 0 Å². The van der Waals surface area contributed by atoms with Gasteiger partial charge in [-0.3, -0.25) is 0 Å². The number of hydrogen-bond donors (Lipinski definition) is 1. The van der Waals surface area contributed by atoms with E-state index >= 15 is 0 Å². The van der Waals surface area contributed by atoms with Crippen molar-refractivity contribution in [2.75, 3.05) is 0 Å². The van der Waals surface area contributed by atoms with Crippen LogP contribution in [0.5, 0.6) is 0 Å². The normalized spacial score (nSPS) is 12.4. The molecule has 1 unspecified atom stereocenters. The summed E-state index contributed by atoms with van der Waals surface area (Å²) in [7, 11) is 0. The van der Waals surface area contributed by atoms with E-state index in [4.69, 9.17) is 17.3 Å². The first-order valence-corrected chi connectivity index (χ1v) is 6.99. The average molecular weight is 325 g/mol. The zero-order valence-corrected chi connectivity index (χ0v) is 12.5. The summed E-state index contributed by atoms with van der Waals surface area (Å²) in [4.78, 5) is 0. The van der Waals surface area contributed by atoms with Crippen LogP contribution < -0.4 is 5.73 Å². The van der Waals surface area contributed by atoms with Crippen LogP contribution >= 0.6 is 27.5 Å². The van der Waals surface area contributed by atoms with Gasteiger partial charge < -0.3 is 5.73 Å². The summed E-state index contributed by atoms with van der Waals surface area (Å²) in [5.41, 5.74) is 9.80. The minimum Gasteiger partial charge on any atom is -0.324 e. The molecular weight excluding hydrogens is 310 g/mol. The first kappa shape index (κ1) is 13.6. The van der Waals surface area contributed by atoms with Gasteiger partial charge in [0.05, 0.1) is 0 Å². The molecule has 2 aromatic rings. The Labute approximate surface area is 121 Å². The van der Waals surface area contributed by atoms with Gasteiger partial charge in [-0.05, 0) is 54.3 Å². The van der Waals surface area contributed by atoms with Gasteiger partial charge in [0, 0.05) is 15.5 Å². The van der Waals surface area contributed by atoms with Gasteiger partial charge in [0.1, 0.15) is 0 Å². The standard InChI is InChI=1S/C15H15BrClN/c1-10-8-13(17)6-7-14(10)15(18)9-11-2-4-12(16)5-3-11/h2-8,15H,9,18H2,1H3. The molecule has 0 saturated heterocycles. The molecule has 0 radical (unpaired) electrons. The van der Waals surface area contributed by atoms with Crippen LogP contribution in [0.25, 0.3) is 0 Å². The largest absolute Gasteiger partial charge is 0.324 e. The summed E-state index contributed by atoms with van der Waals surface area (Å²) in [6.45, 7) is 2.04. The second-order valence-corrected chi connectivity index (χ2v) is 5.79. The lowest BCUT2D eigenvalue weighted by molar-refractivity contribution is 0.716. The summed E-state index contributed by atoms with van der Waals surface area (Å²) in [5, 5.41) is 0.757. The van der Waals surface area contributed by atoms with Crippen molar-refractivity contribution in [1.29, 1.82) is 0 Å². The molecule has 3 heteroatoms. The lowest BCUT2D eigenvalue weighted by Gasteiger charge is -2.15. The van der Waals surface area contributed by atoms with E-state index in [-0.39, 0.29) is 6.04 Å². The van der Waals surface area contributed by atoms with Gasteiger partial charge in [0.15, 0.2) is 0 Å². The first-order chi connectivity index (χ1) is 8.56. The Morgan fingerprint density at radius 1 is 1.17 bits per heavy atom. The Balaban J connectivity index is 2.16.